The minimum absolute atomic E-state index is 0.141. The van der Waals surface area contributed by atoms with Crippen LogP contribution in [0.5, 0.6) is 0 Å². The normalized spacial score (nSPS) is 19.2. The Morgan fingerprint density at radius 2 is 2.16 bits per heavy atom. The van der Waals surface area contributed by atoms with Crippen LogP contribution in [0.3, 0.4) is 0 Å². The van der Waals surface area contributed by atoms with E-state index in [1.807, 2.05) is 0 Å². The number of morpholine rings is 1. The lowest BCUT2D eigenvalue weighted by atomic mass is 10.0. The average Bonchev–Trinajstić information content (AvgIpc) is 2.41. The molecule has 6 nitrogen and oxygen atoms in total. The predicted octanol–water partition coefficient (Wildman–Crippen LogP) is -0.0965. The van der Waals surface area contributed by atoms with Gasteiger partial charge in [0.2, 0.25) is 5.91 Å². The standard InChI is InChI=1S/C13H17N3O3/c1-8-9(3-2-4-10(8)14)13(18)16-5-6-19-7-11(16)12(15)17/h2-4,11H,5-7,14H2,1H3,(H2,15,17). The third kappa shape index (κ3) is 2.53. The Labute approximate surface area is 111 Å². The average molecular weight is 263 g/mol. The van der Waals surface area contributed by atoms with Gasteiger partial charge in [0.25, 0.3) is 5.91 Å². The Bertz CT molecular complexity index is 516. The van der Waals surface area contributed by atoms with E-state index >= 15 is 0 Å². The first-order valence-corrected chi connectivity index (χ1v) is 6.05. The van der Waals surface area contributed by atoms with Gasteiger partial charge in [0.15, 0.2) is 0 Å². The lowest BCUT2D eigenvalue weighted by Gasteiger charge is -2.34. The zero-order chi connectivity index (χ0) is 14.0. The highest BCUT2D eigenvalue weighted by atomic mass is 16.5. The van der Waals surface area contributed by atoms with Crippen LogP contribution in [0.2, 0.25) is 0 Å². The number of nitrogens with two attached hydrogens (primary N) is 2. The molecule has 1 atom stereocenters. The molecule has 0 aliphatic carbocycles. The van der Waals surface area contributed by atoms with Crippen LogP contribution in [-0.4, -0.2) is 42.5 Å². The molecule has 0 radical (unpaired) electrons. The molecule has 1 aromatic carbocycles. The summed E-state index contributed by atoms with van der Waals surface area (Å²) in [7, 11) is 0. The molecule has 102 valence electrons. The second kappa shape index (κ2) is 5.27. The quantitative estimate of drug-likeness (QED) is 0.728. The van der Waals surface area contributed by atoms with Crippen molar-refractivity contribution in [2.45, 2.75) is 13.0 Å². The molecule has 0 bridgehead atoms. The van der Waals surface area contributed by atoms with E-state index in [0.29, 0.717) is 30.0 Å². The smallest absolute Gasteiger partial charge is 0.255 e. The van der Waals surface area contributed by atoms with Crippen LogP contribution in [0, 0.1) is 6.92 Å². The highest BCUT2D eigenvalue weighted by Gasteiger charge is 2.32. The van der Waals surface area contributed by atoms with Gasteiger partial charge in [-0.2, -0.15) is 0 Å². The van der Waals surface area contributed by atoms with Crippen molar-refractivity contribution in [3.63, 3.8) is 0 Å². The number of amides is 2. The number of carbonyl (C=O) groups excluding carboxylic acids is 2. The van der Waals surface area contributed by atoms with Crippen molar-refractivity contribution in [1.82, 2.24) is 4.90 Å². The van der Waals surface area contributed by atoms with Gasteiger partial charge in [0.05, 0.1) is 13.2 Å². The number of anilines is 1. The summed E-state index contributed by atoms with van der Waals surface area (Å²) in [6, 6.07) is 4.43. The fourth-order valence-corrected chi connectivity index (χ4v) is 2.12. The van der Waals surface area contributed by atoms with E-state index in [1.165, 1.54) is 4.90 Å². The number of benzene rings is 1. The maximum atomic E-state index is 12.5. The van der Waals surface area contributed by atoms with Gasteiger partial charge in [0.1, 0.15) is 6.04 Å². The molecule has 1 unspecified atom stereocenters. The Morgan fingerprint density at radius 3 is 2.84 bits per heavy atom. The minimum atomic E-state index is -0.720. The molecule has 19 heavy (non-hydrogen) atoms. The molecule has 2 amide bonds. The number of nitrogens with zero attached hydrogens (tertiary/aromatic N) is 1. The van der Waals surface area contributed by atoms with Gasteiger partial charge in [-0.1, -0.05) is 6.07 Å². The molecule has 1 aromatic rings. The van der Waals surface area contributed by atoms with E-state index < -0.39 is 11.9 Å². The van der Waals surface area contributed by atoms with Crippen molar-refractivity contribution >= 4 is 17.5 Å². The summed E-state index contributed by atoms with van der Waals surface area (Å²) < 4.78 is 5.19. The summed E-state index contributed by atoms with van der Waals surface area (Å²) in [4.78, 5) is 25.3. The Morgan fingerprint density at radius 1 is 1.42 bits per heavy atom. The molecule has 0 aromatic heterocycles. The molecule has 1 heterocycles. The second-order valence-electron chi connectivity index (χ2n) is 4.51. The van der Waals surface area contributed by atoms with E-state index in [1.54, 1.807) is 25.1 Å². The summed E-state index contributed by atoms with van der Waals surface area (Å²) >= 11 is 0. The maximum Gasteiger partial charge on any atom is 0.255 e. The van der Waals surface area contributed by atoms with Crippen LogP contribution in [0.1, 0.15) is 15.9 Å². The van der Waals surface area contributed by atoms with E-state index in [4.69, 9.17) is 16.2 Å². The molecule has 1 aliphatic rings. The third-order valence-corrected chi connectivity index (χ3v) is 3.32. The van der Waals surface area contributed by atoms with Gasteiger partial charge in [-0.25, -0.2) is 0 Å². The SMILES string of the molecule is Cc1c(N)cccc1C(=O)N1CCOCC1C(N)=O. The zero-order valence-electron chi connectivity index (χ0n) is 10.8. The lowest BCUT2D eigenvalue weighted by Crippen LogP contribution is -2.54. The summed E-state index contributed by atoms with van der Waals surface area (Å²) in [5.74, 6) is -0.800. The van der Waals surface area contributed by atoms with Crippen LogP contribution in [0.4, 0.5) is 5.69 Å². The van der Waals surface area contributed by atoms with Crippen molar-refractivity contribution < 1.29 is 14.3 Å². The van der Waals surface area contributed by atoms with E-state index in [9.17, 15) is 9.59 Å². The zero-order valence-corrected chi connectivity index (χ0v) is 10.8. The molecule has 0 spiro atoms. The lowest BCUT2D eigenvalue weighted by molar-refractivity contribution is -0.127. The summed E-state index contributed by atoms with van der Waals surface area (Å²) in [6.07, 6.45) is 0. The highest BCUT2D eigenvalue weighted by Crippen LogP contribution is 2.19. The topological polar surface area (TPSA) is 98.7 Å². The second-order valence-corrected chi connectivity index (χ2v) is 4.51. The van der Waals surface area contributed by atoms with Crippen LogP contribution in [0.15, 0.2) is 18.2 Å². The first kappa shape index (κ1) is 13.4. The largest absolute Gasteiger partial charge is 0.398 e. The van der Waals surface area contributed by atoms with Crippen molar-refractivity contribution in [3.8, 4) is 0 Å². The molecule has 0 saturated carbocycles. The van der Waals surface area contributed by atoms with Crippen molar-refractivity contribution in [3.05, 3.63) is 29.3 Å². The van der Waals surface area contributed by atoms with Gasteiger partial charge >= 0.3 is 0 Å². The third-order valence-electron chi connectivity index (χ3n) is 3.32. The molecular formula is C13H17N3O3. The number of ether oxygens (including phenoxy) is 1. The van der Waals surface area contributed by atoms with Gasteiger partial charge in [-0.15, -0.1) is 0 Å². The fraction of sp³-hybridized carbons (Fsp3) is 0.385. The minimum Gasteiger partial charge on any atom is -0.398 e. The molecule has 6 heteroatoms. The maximum absolute atomic E-state index is 12.5. The fourth-order valence-electron chi connectivity index (χ4n) is 2.12. The van der Waals surface area contributed by atoms with Gasteiger partial charge in [-0.3, -0.25) is 9.59 Å². The number of carbonyl (C=O) groups is 2. The van der Waals surface area contributed by atoms with Crippen molar-refractivity contribution in [1.29, 1.82) is 0 Å². The molecule has 1 aliphatic heterocycles. The Hall–Kier alpha value is -2.08. The van der Waals surface area contributed by atoms with Crippen molar-refractivity contribution in [2.75, 3.05) is 25.5 Å². The number of rotatable bonds is 2. The van der Waals surface area contributed by atoms with Crippen molar-refractivity contribution in [2.24, 2.45) is 5.73 Å². The summed E-state index contributed by atoms with van der Waals surface area (Å²) in [5, 5.41) is 0. The van der Waals surface area contributed by atoms with Gasteiger partial charge < -0.3 is 21.1 Å². The summed E-state index contributed by atoms with van der Waals surface area (Å²) in [6.45, 7) is 2.67. The Balaban J connectivity index is 2.31. The highest BCUT2D eigenvalue weighted by molar-refractivity contribution is 5.99. The number of nitrogen functional groups attached to an aromatic ring is 1. The predicted molar refractivity (Wildman–Crippen MR) is 70.4 cm³/mol. The van der Waals surface area contributed by atoms with Crippen LogP contribution in [-0.2, 0) is 9.53 Å². The van der Waals surface area contributed by atoms with E-state index in [-0.39, 0.29) is 12.5 Å². The monoisotopic (exact) mass is 263 g/mol. The van der Waals surface area contributed by atoms with E-state index in [0.717, 1.165) is 0 Å². The van der Waals surface area contributed by atoms with Crippen LogP contribution in [0.25, 0.3) is 0 Å². The summed E-state index contributed by atoms with van der Waals surface area (Å²) in [5.41, 5.74) is 12.9. The van der Waals surface area contributed by atoms with Crippen LogP contribution < -0.4 is 11.5 Å². The molecule has 2 rings (SSSR count). The molecule has 4 N–H and O–H groups in total. The molecule has 1 fully saturated rings. The molecular weight excluding hydrogens is 246 g/mol. The number of hydrogen-bond donors (Lipinski definition) is 2. The Kier molecular flexibility index (Phi) is 3.71. The van der Waals surface area contributed by atoms with Crippen LogP contribution >= 0.6 is 0 Å². The van der Waals surface area contributed by atoms with Gasteiger partial charge in [-0.05, 0) is 24.6 Å². The number of primary amides is 1. The first-order valence-electron chi connectivity index (χ1n) is 6.05. The van der Waals surface area contributed by atoms with Gasteiger partial charge in [0, 0.05) is 17.8 Å². The first-order chi connectivity index (χ1) is 9.02. The number of hydrogen-bond acceptors (Lipinski definition) is 4. The molecule has 1 saturated heterocycles. The van der Waals surface area contributed by atoms with E-state index in [2.05, 4.69) is 0 Å².